The Kier molecular flexibility index (Phi) is 4.47. The van der Waals surface area contributed by atoms with Crippen LogP contribution in [-0.4, -0.2) is 0 Å². The standard InChI is InChI=1S/C35H24/c1-3-14-28(15-4-1)35(29-16-5-2-6-17-29)32-20-10-9-18-31(32)34-30(19-11-21-33(34)35)27-23-22-25-12-7-8-13-26(25)24-27/h1-24H. The van der Waals surface area contributed by atoms with Crippen molar-refractivity contribution in [2.24, 2.45) is 0 Å². The molecule has 0 saturated heterocycles. The second kappa shape index (κ2) is 7.82. The Morgan fingerprint density at radius 2 is 0.943 bits per heavy atom. The summed E-state index contributed by atoms with van der Waals surface area (Å²) in [6.45, 7) is 0. The Morgan fingerprint density at radius 1 is 0.371 bits per heavy atom. The molecule has 0 nitrogen and oxygen atoms in total. The van der Waals surface area contributed by atoms with Crippen molar-refractivity contribution in [2.75, 3.05) is 0 Å². The molecule has 6 aromatic rings. The molecule has 0 spiro atoms. The third kappa shape index (κ3) is 2.87. The van der Waals surface area contributed by atoms with E-state index in [1.165, 1.54) is 55.3 Å². The van der Waals surface area contributed by atoms with E-state index in [1.807, 2.05) is 0 Å². The van der Waals surface area contributed by atoms with Gasteiger partial charge in [-0.1, -0.05) is 140 Å². The van der Waals surface area contributed by atoms with Gasteiger partial charge in [-0.25, -0.2) is 0 Å². The van der Waals surface area contributed by atoms with Gasteiger partial charge in [0.2, 0.25) is 0 Å². The van der Waals surface area contributed by atoms with Crippen LogP contribution in [0.3, 0.4) is 0 Å². The first-order chi connectivity index (χ1) is 17.4. The highest BCUT2D eigenvalue weighted by Crippen LogP contribution is 2.58. The van der Waals surface area contributed by atoms with Gasteiger partial charge in [-0.05, 0) is 61.3 Å². The van der Waals surface area contributed by atoms with Crippen LogP contribution in [0, 0.1) is 0 Å². The van der Waals surface area contributed by atoms with E-state index in [9.17, 15) is 0 Å². The molecule has 0 bridgehead atoms. The Labute approximate surface area is 206 Å². The summed E-state index contributed by atoms with van der Waals surface area (Å²) in [7, 11) is 0. The van der Waals surface area contributed by atoms with Gasteiger partial charge in [0.25, 0.3) is 0 Å². The van der Waals surface area contributed by atoms with Gasteiger partial charge in [0, 0.05) is 0 Å². The molecule has 0 aromatic heterocycles. The predicted molar refractivity (Wildman–Crippen MR) is 147 cm³/mol. The average molecular weight is 445 g/mol. The molecule has 1 aliphatic carbocycles. The Hall–Kier alpha value is -4.42. The molecule has 0 unspecified atom stereocenters. The summed E-state index contributed by atoms with van der Waals surface area (Å²) in [4.78, 5) is 0. The quantitative estimate of drug-likeness (QED) is 0.255. The normalized spacial score (nSPS) is 13.4. The van der Waals surface area contributed by atoms with Gasteiger partial charge in [0.1, 0.15) is 0 Å². The van der Waals surface area contributed by atoms with Crippen LogP contribution in [0.4, 0.5) is 0 Å². The van der Waals surface area contributed by atoms with Crippen molar-refractivity contribution in [2.45, 2.75) is 5.41 Å². The predicted octanol–water partition coefficient (Wildman–Crippen LogP) is 8.87. The van der Waals surface area contributed by atoms with Gasteiger partial charge in [0.15, 0.2) is 0 Å². The Bertz CT molecular complexity index is 1640. The Morgan fingerprint density at radius 3 is 1.69 bits per heavy atom. The molecule has 0 fully saturated rings. The first-order valence-electron chi connectivity index (χ1n) is 12.2. The van der Waals surface area contributed by atoms with Crippen LogP contribution in [0.15, 0.2) is 146 Å². The lowest BCUT2D eigenvalue weighted by atomic mass is 9.67. The largest absolute Gasteiger partial charge is 0.0713 e. The highest BCUT2D eigenvalue weighted by molar-refractivity contribution is 5.97. The molecule has 0 N–H and O–H groups in total. The summed E-state index contributed by atoms with van der Waals surface area (Å²) < 4.78 is 0. The number of hydrogen-bond donors (Lipinski definition) is 0. The second-order valence-corrected chi connectivity index (χ2v) is 9.32. The molecular formula is C35H24. The van der Waals surface area contributed by atoms with E-state index in [4.69, 9.17) is 0 Å². The maximum atomic E-state index is 2.33. The average Bonchev–Trinajstić information content (AvgIpc) is 3.25. The van der Waals surface area contributed by atoms with E-state index < -0.39 is 0 Å². The molecule has 0 amide bonds. The van der Waals surface area contributed by atoms with Crippen molar-refractivity contribution >= 4 is 10.8 Å². The molecule has 0 saturated carbocycles. The fourth-order valence-electron chi connectivity index (χ4n) is 6.09. The summed E-state index contributed by atoms with van der Waals surface area (Å²) in [5.41, 5.74) is 10.1. The van der Waals surface area contributed by atoms with Crippen LogP contribution in [-0.2, 0) is 5.41 Å². The smallest absolute Gasteiger partial charge is 0.0622 e. The molecule has 0 aliphatic heterocycles. The van der Waals surface area contributed by atoms with Crippen LogP contribution in [0.1, 0.15) is 22.3 Å². The minimum atomic E-state index is -0.360. The minimum absolute atomic E-state index is 0.360. The topological polar surface area (TPSA) is 0 Å². The number of hydrogen-bond acceptors (Lipinski definition) is 0. The molecule has 35 heavy (non-hydrogen) atoms. The molecule has 0 atom stereocenters. The third-order valence-corrected chi connectivity index (χ3v) is 7.54. The second-order valence-electron chi connectivity index (χ2n) is 9.32. The van der Waals surface area contributed by atoms with Crippen LogP contribution in [0.2, 0.25) is 0 Å². The maximum Gasteiger partial charge on any atom is 0.0713 e. The lowest BCUT2D eigenvalue weighted by molar-refractivity contribution is 0.768. The van der Waals surface area contributed by atoms with Crippen LogP contribution < -0.4 is 0 Å². The number of rotatable bonds is 3. The van der Waals surface area contributed by atoms with Crippen molar-refractivity contribution < 1.29 is 0 Å². The molecule has 164 valence electrons. The van der Waals surface area contributed by atoms with Crippen molar-refractivity contribution in [1.82, 2.24) is 0 Å². The van der Waals surface area contributed by atoms with E-state index in [-0.39, 0.29) is 5.41 Å². The maximum absolute atomic E-state index is 2.33. The fraction of sp³-hybridized carbons (Fsp3) is 0.0286. The fourth-order valence-corrected chi connectivity index (χ4v) is 6.09. The molecule has 0 radical (unpaired) electrons. The first-order valence-corrected chi connectivity index (χ1v) is 12.2. The first kappa shape index (κ1) is 20.0. The van der Waals surface area contributed by atoms with Crippen LogP contribution in [0.25, 0.3) is 33.0 Å². The van der Waals surface area contributed by atoms with Crippen molar-refractivity contribution in [3.8, 4) is 22.3 Å². The molecule has 6 aromatic carbocycles. The van der Waals surface area contributed by atoms with Gasteiger partial charge in [-0.3, -0.25) is 0 Å². The number of benzene rings is 6. The van der Waals surface area contributed by atoms with Gasteiger partial charge in [-0.2, -0.15) is 0 Å². The lowest BCUT2D eigenvalue weighted by Crippen LogP contribution is -2.28. The SMILES string of the molecule is c1ccc(C2(c3ccccc3)c3ccccc3-c3c(-c4ccc5ccccc5c4)cccc32)cc1. The highest BCUT2D eigenvalue weighted by Gasteiger charge is 2.46. The zero-order chi connectivity index (χ0) is 23.2. The summed E-state index contributed by atoms with van der Waals surface area (Å²) in [5, 5.41) is 2.54. The van der Waals surface area contributed by atoms with E-state index in [2.05, 4.69) is 146 Å². The zero-order valence-corrected chi connectivity index (χ0v) is 19.4. The van der Waals surface area contributed by atoms with Gasteiger partial charge < -0.3 is 0 Å². The highest BCUT2D eigenvalue weighted by atomic mass is 14.5. The van der Waals surface area contributed by atoms with E-state index in [0.717, 1.165) is 0 Å². The monoisotopic (exact) mass is 444 g/mol. The van der Waals surface area contributed by atoms with Crippen LogP contribution >= 0.6 is 0 Å². The zero-order valence-electron chi connectivity index (χ0n) is 19.4. The van der Waals surface area contributed by atoms with Gasteiger partial charge in [0.05, 0.1) is 5.41 Å². The molecular weight excluding hydrogens is 420 g/mol. The van der Waals surface area contributed by atoms with Crippen molar-refractivity contribution in [1.29, 1.82) is 0 Å². The minimum Gasteiger partial charge on any atom is -0.0622 e. The Balaban J connectivity index is 1.60. The molecule has 0 heteroatoms. The molecule has 1 aliphatic rings. The van der Waals surface area contributed by atoms with Crippen molar-refractivity contribution in [3.63, 3.8) is 0 Å². The van der Waals surface area contributed by atoms with Gasteiger partial charge >= 0.3 is 0 Å². The summed E-state index contributed by atoms with van der Waals surface area (Å²) in [6, 6.07) is 53.2. The molecule has 7 rings (SSSR count). The van der Waals surface area contributed by atoms with Crippen LogP contribution in [0.5, 0.6) is 0 Å². The van der Waals surface area contributed by atoms with Gasteiger partial charge in [-0.15, -0.1) is 0 Å². The number of fused-ring (bicyclic) bond motifs is 4. The lowest BCUT2D eigenvalue weighted by Gasteiger charge is -2.34. The van der Waals surface area contributed by atoms with E-state index in [0.29, 0.717) is 0 Å². The summed E-state index contributed by atoms with van der Waals surface area (Å²) >= 11 is 0. The summed E-state index contributed by atoms with van der Waals surface area (Å²) in [5.74, 6) is 0. The van der Waals surface area contributed by atoms with Crippen molar-refractivity contribution in [3.05, 3.63) is 168 Å². The van der Waals surface area contributed by atoms with E-state index >= 15 is 0 Å². The molecule has 0 heterocycles. The van der Waals surface area contributed by atoms with E-state index in [1.54, 1.807) is 0 Å². The summed E-state index contributed by atoms with van der Waals surface area (Å²) in [6.07, 6.45) is 0. The third-order valence-electron chi connectivity index (χ3n) is 7.54.